The maximum absolute atomic E-state index is 13.2. The summed E-state index contributed by atoms with van der Waals surface area (Å²) in [7, 11) is 0. The van der Waals surface area contributed by atoms with Crippen LogP contribution in [0, 0.1) is 7.14 Å². The number of morpholine rings is 1. The zero-order chi connectivity index (χ0) is 25.1. The van der Waals surface area contributed by atoms with Gasteiger partial charge in [0.1, 0.15) is 11.6 Å². The topological polar surface area (TPSA) is 86.0 Å². The number of benzene rings is 2. The summed E-state index contributed by atoms with van der Waals surface area (Å²) in [6, 6.07) is 9.28. The Morgan fingerprint density at radius 1 is 1.23 bits per heavy atom. The molecule has 1 aliphatic rings. The van der Waals surface area contributed by atoms with Crippen LogP contribution >= 0.6 is 61.1 Å². The smallest absolute Gasteiger partial charge is 0.282 e. The Labute approximate surface area is 238 Å². The summed E-state index contributed by atoms with van der Waals surface area (Å²) in [4.78, 5) is 32.1. The molecule has 184 valence electrons. The molecule has 0 saturated carbocycles. The average molecular weight is 765 g/mol. The summed E-state index contributed by atoms with van der Waals surface area (Å²) in [5.74, 6) is 1.20. The van der Waals surface area contributed by atoms with E-state index in [1.54, 1.807) is 17.2 Å². The number of fused-ring (bicyclic) bond motifs is 1. The summed E-state index contributed by atoms with van der Waals surface area (Å²) < 4.78 is 15.0. The fourth-order valence-electron chi connectivity index (χ4n) is 3.61. The van der Waals surface area contributed by atoms with Crippen LogP contribution < -0.4 is 10.3 Å². The highest BCUT2D eigenvalue weighted by molar-refractivity contribution is 14.1. The van der Waals surface area contributed by atoms with Crippen molar-refractivity contribution < 1.29 is 14.3 Å². The van der Waals surface area contributed by atoms with Gasteiger partial charge in [-0.1, -0.05) is 29.8 Å². The summed E-state index contributed by atoms with van der Waals surface area (Å²) in [6.07, 6.45) is 1.64. The van der Waals surface area contributed by atoms with Crippen molar-refractivity contribution in [2.24, 2.45) is 5.10 Å². The van der Waals surface area contributed by atoms with Crippen LogP contribution in [-0.4, -0.2) is 59.6 Å². The minimum Gasteiger partial charge on any atom is -0.482 e. The second-order valence-electron chi connectivity index (χ2n) is 8.24. The van der Waals surface area contributed by atoms with Gasteiger partial charge >= 0.3 is 0 Å². The van der Waals surface area contributed by atoms with Gasteiger partial charge in [-0.25, -0.2) is 4.98 Å². The fraction of sp³-hybridized carbons (Fsp3) is 0.333. The van der Waals surface area contributed by atoms with Crippen LogP contribution in [0.2, 0.25) is 0 Å². The lowest BCUT2D eigenvalue weighted by atomic mass is 10.2. The molecule has 1 fully saturated rings. The Balaban J connectivity index is 1.59. The third-order valence-electron chi connectivity index (χ3n) is 5.40. The molecule has 3 aromatic rings. The molecule has 2 heterocycles. The lowest BCUT2D eigenvalue weighted by molar-refractivity contribution is -0.137. The van der Waals surface area contributed by atoms with Crippen LogP contribution in [0.15, 0.2) is 44.7 Å². The second-order valence-corrected chi connectivity index (χ2v) is 11.5. The number of nitrogens with zero attached hydrogens (tertiary/aromatic N) is 4. The number of carbonyl (C=O) groups excluding carboxylic acids is 1. The Morgan fingerprint density at radius 3 is 2.57 bits per heavy atom. The highest BCUT2D eigenvalue weighted by Gasteiger charge is 2.19. The zero-order valence-corrected chi connectivity index (χ0v) is 25.0. The highest BCUT2D eigenvalue weighted by Crippen LogP contribution is 2.29. The van der Waals surface area contributed by atoms with E-state index in [2.05, 4.69) is 71.2 Å². The first kappa shape index (κ1) is 26.5. The van der Waals surface area contributed by atoms with E-state index in [4.69, 9.17) is 9.47 Å². The number of carbonyl (C=O) groups is 1. The van der Waals surface area contributed by atoms with E-state index in [-0.39, 0.29) is 24.0 Å². The van der Waals surface area contributed by atoms with Gasteiger partial charge in [-0.3, -0.25) is 9.59 Å². The van der Waals surface area contributed by atoms with Crippen molar-refractivity contribution >= 4 is 84.1 Å². The maximum atomic E-state index is 13.2. The summed E-state index contributed by atoms with van der Waals surface area (Å²) in [6.45, 7) is 6.23. The molecule has 0 aliphatic carbocycles. The third kappa shape index (κ3) is 6.23. The van der Waals surface area contributed by atoms with Gasteiger partial charge in [0.05, 0.1) is 37.5 Å². The van der Waals surface area contributed by atoms with Crippen molar-refractivity contribution in [1.29, 1.82) is 0 Å². The van der Waals surface area contributed by atoms with Gasteiger partial charge < -0.3 is 14.4 Å². The summed E-state index contributed by atoms with van der Waals surface area (Å²) >= 11 is 7.79. The maximum Gasteiger partial charge on any atom is 0.282 e. The van der Waals surface area contributed by atoms with Crippen LogP contribution in [0.4, 0.5) is 0 Å². The monoisotopic (exact) mass is 764 g/mol. The van der Waals surface area contributed by atoms with E-state index in [1.807, 2.05) is 38.1 Å². The number of ether oxygens (including phenoxy) is 2. The van der Waals surface area contributed by atoms with Crippen molar-refractivity contribution in [1.82, 2.24) is 14.6 Å². The van der Waals surface area contributed by atoms with Gasteiger partial charge in [0.25, 0.3) is 11.5 Å². The predicted octanol–water partition coefficient (Wildman–Crippen LogP) is 4.61. The molecule has 0 unspecified atom stereocenters. The molecule has 8 nitrogen and oxygen atoms in total. The van der Waals surface area contributed by atoms with Crippen molar-refractivity contribution in [2.75, 3.05) is 32.9 Å². The van der Waals surface area contributed by atoms with Gasteiger partial charge in [-0.15, -0.1) is 0 Å². The number of hydrogen-bond acceptors (Lipinski definition) is 6. The molecular weight excluding hydrogens is 742 g/mol. The molecular formula is C24H23BrI2N4O4. The van der Waals surface area contributed by atoms with Crippen LogP contribution in [0.1, 0.15) is 31.2 Å². The minimum atomic E-state index is -0.220. The number of hydrogen-bond donors (Lipinski definition) is 0. The Hall–Kier alpha value is -1.58. The molecule has 4 rings (SSSR count). The molecule has 2 aromatic carbocycles. The van der Waals surface area contributed by atoms with Crippen LogP contribution in [0.3, 0.4) is 0 Å². The molecule has 1 amide bonds. The molecule has 0 atom stereocenters. The van der Waals surface area contributed by atoms with E-state index >= 15 is 0 Å². The Bertz CT molecular complexity index is 1330. The molecule has 1 aromatic heterocycles. The normalized spacial score (nSPS) is 14.3. The number of amides is 1. The average Bonchev–Trinajstić information content (AvgIpc) is 2.83. The Kier molecular flexibility index (Phi) is 8.81. The summed E-state index contributed by atoms with van der Waals surface area (Å²) in [5, 5.41) is 5.00. The predicted molar refractivity (Wildman–Crippen MR) is 156 cm³/mol. The molecule has 11 heteroatoms. The molecule has 35 heavy (non-hydrogen) atoms. The van der Waals surface area contributed by atoms with Crippen molar-refractivity contribution in [3.63, 3.8) is 0 Å². The van der Waals surface area contributed by atoms with Gasteiger partial charge in [0.15, 0.2) is 6.61 Å². The number of aromatic nitrogens is 2. The van der Waals surface area contributed by atoms with E-state index in [9.17, 15) is 9.59 Å². The van der Waals surface area contributed by atoms with E-state index in [1.165, 1.54) is 4.68 Å². The first-order valence-corrected chi connectivity index (χ1v) is 13.9. The lowest BCUT2D eigenvalue weighted by Crippen LogP contribution is -2.43. The van der Waals surface area contributed by atoms with Crippen molar-refractivity contribution in [3.8, 4) is 5.75 Å². The second kappa shape index (κ2) is 11.6. The highest BCUT2D eigenvalue weighted by atomic mass is 127. The van der Waals surface area contributed by atoms with Gasteiger partial charge in [0, 0.05) is 23.5 Å². The largest absolute Gasteiger partial charge is 0.482 e. The summed E-state index contributed by atoms with van der Waals surface area (Å²) in [5.41, 5.74) is 1.23. The van der Waals surface area contributed by atoms with E-state index < -0.39 is 0 Å². The molecule has 0 spiro atoms. The van der Waals surface area contributed by atoms with Gasteiger partial charge in [-0.2, -0.15) is 9.78 Å². The third-order valence-corrected chi connectivity index (χ3v) is 7.49. The molecule has 1 aliphatic heterocycles. The van der Waals surface area contributed by atoms with Gasteiger partial charge in [-0.05, 0) is 81.1 Å². The van der Waals surface area contributed by atoms with E-state index in [0.29, 0.717) is 48.8 Å². The van der Waals surface area contributed by atoms with Crippen molar-refractivity contribution in [2.45, 2.75) is 19.8 Å². The molecule has 0 N–H and O–H groups in total. The number of rotatable bonds is 6. The minimum absolute atomic E-state index is 0.00736. The van der Waals surface area contributed by atoms with Crippen LogP contribution in [-0.2, 0) is 9.53 Å². The first-order chi connectivity index (χ1) is 16.7. The van der Waals surface area contributed by atoms with Gasteiger partial charge in [0.2, 0.25) is 0 Å². The lowest BCUT2D eigenvalue weighted by Gasteiger charge is -2.26. The molecule has 0 bridgehead atoms. The fourth-order valence-corrected chi connectivity index (χ4v) is 6.09. The quantitative estimate of drug-likeness (QED) is 0.271. The first-order valence-electron chi connectivity index (χ1n) is 11.0. The van der Waals surface area contributed by atoms with Crippen molar-refractivity contribution in [3.05, 3.63) is 63.7 Å². The molecule has 0 radical (unpaired) electrons. The zero-order valence-electron chi connectivity index (χ0n) is 19.1. The standard InChI is InChI=1S/C24H23BrI2N4O4/c1-14(2)23-29-20-4-3-16(25)11-17(20)24(33)31(23)28-12-15-9-18(26)22(19(27)10-15)35-13-21(32)30-5-7-34-8-6-30/h3-4,9-12,14H,5-8,13H2,1-2H3. The van der Waals surface area contributed by atoms with Crippen LogP contribution in [0.25, 0.3) is 10.9 Å². The Morgan fingerprint density at radius 2 is 1.91 bits per heavy atom. The molecule has 1 saturated heterocycles. The van der Waals surface area contributed by atoms with Crippen LogP contribution in [0.5, 0.6) is 5.75 Å². The van der Waals surface area contributed by atoms with E-state index in [0.717, 1.165) is 17.2 Å². The number of halogens is 3. The SMILES string of the molecule is CC(C)c1nc2ccc(Br)cc2c(=O)n1N=Cc1cc(I)c(OCC(=O)N2CCOCC2)c(I)c1.